The molecule has 2 aromatic carbocycles. The zero-order valence-corrected chi connectivity index (χ0v) is 22.4. The van der Waals surface area contributed by atoms with Gasteiger partial charge in [0.2, 0.25) is 0 Å². The van der Waals surface area contributed by atoms with E-state index in [1.807, 2.05) is 74.8 Å². The summed E-state index contributed by atoms with van der Waals surface area (Å²) in [7, 11) is 1.82. The molecule has 0 bridgehead atoms. The molecule has 6 aromatic rings. The highest BCUT2D eigenvalue weighted by atomic mass is 16.1. The predicted molar refractivity (Wildman–Crippen MR) is 157 cm³/mol. The van der Waals surface area contributed by atoms with Crippen LogP contribution in [-0.4, -0.2) is 40.8 Å². The number of nitrogen functional groups attached to an aromatic ring is 1. The average molecular weight is 543 g/mol. The topological polar surface area (TPSA) is 139 Å². The molecule has 2 atom stereocenters. The highest BCUT2D eigenvalue weighted by Crippen LogP contribution is 2.28. The van der Waals surface area contributed by atoms with Gasteiger partial charge in [-0.3, -0.25) is 18.8 Å². The van der Waals surface area contributed by atoms with Crippen molar-refractivity contribution in [3.8, 4) is 17.5 Å². The zero-order chi connectivity index (χ0) is 28.7. The maximum absolute atomic E-state index is 14.3. The average Bonchev–Trinajstić information content (AvgIpc) is 3.56. The molecule has 1 unspecified atom stereocenters. The van der Waals surface area contributed by atoms with E-state index in [-0.39, 0.29) is 16.9 Å². The second kappa shape index (κ2) is 10.2. The molecule has 4 heterocycles. The lowest BCUT2D eigenvalue weighted by molar-refractivity contribution is 0.0952. The van der Waals surface area contributed by atoms with Gasteiger partial charge in [0.25, 0.3) is 5.56 Å². The first-order chi connectivity index (χ1) is 19.8. The van der Waals surface area contributed by atoms with Crippen LogP contribution >= 0.6 is 0 Å². The highest BCUT2D eigenvalue weighted by molar-refractivity contribution is 6.09. The second-order valence-corrected chi connectivity index (χ2v) is 9.79. The van der Waals surface area contributed by atoms with Gasteiger partial charge in [0.1, 0.15) is 5.56 Å². The number of carbonyl (C=O) groups is 1. The maximum Gasteiger partial charge on any atom is 0.264 e. The molecule has 4 aromatic heterocycles. The first kappa shape index (κ1) is 25.7. The quantitative estimate of drug-likeness (QED) is 0.252. The number of para-hydroxylation sites is 1. The van der Waals surface area contributed by atoms with E-state index in [4.69, 9.17) is 11.5 Å². The number of aromatic nitrogens is 6. The molecule has 0 fully saturated rings. The number of ketones is 1. The van der Waals surface area contributed by atoms with Gasteiger partial charge in [-0.05, 0) is 35.7 Å². The minimum Gasteiger partial charge on any atom is -0.382 e. The largest absolute Gasteiger partial charge is 0.382 e. The molecule has 0 spiro atoms. The number of hydrogen-bond acceptors (Lipinski definition) is 7. The van der Waals surface area contributed by atoms with Crippen molar-refractivity contribution in [3.63, 3.8) is 0 Å². The summed E-state index contributed by atoms with van der Waals surface area (Å²) in [5.74, 6) is 5.29. The predicted octanol–water partition coefficient (Wildman–Crippen LogP) is 3.06. The third-order valence-corrected chi connectivity index (χ3v) is 7.11. The van der Waals surface area contributed by atoms with E-state index in [2.05, 4.69) is 27.0 Å². The van der Waals surface area contributed by atoms with E-state index in [0.29, 0.717) is 33.4 Å². The molecule has 6 rings (SSSR count). The van der Waals surface area contributed by atoms with Crippen molar-refractivity contribution >= 4 is 28.0 Å². The Morgan fingerprint density at radius 1 is 1.05 bits per heavy atom. The standard InChI is InChI=1S/C31H26N8O2/c1-19(27(32)28(40)26-29(33)36-38-15-7-14-34-30(26)38)24-16-22-9-6-8-21(13-12-20-17-35-37(2)18-20)25(22)31(41)39(24)23-10-4-3-5-11-23/h3-11,14-19,27H,32H2,1-2H3,(H2,33,36)/t19-,27?/m1/s1. The maximum atomic E-state index is 14.3. The molecule has 4 N–H and O–H groups in total. The number of nitrogens with two attached hydrogens (primary N) is 2. The molecule has 0 amide bonds. The lowest BCUT2D eigenvalue weighted by atomic mass is 9.90. The fraction of sp³-hybridized carbons (Fsp3) is 0.129. The fourth-order valence-corrected chi connectivity index (χ4v) is 5.01. The van der Waals surface area contributed by atoms with E-state index in [9.17, 15) is 9.59 Å². The number of hydrogen-bond donors (Lipinski definition) is 2. The first-order valence-electron chi connectivity index (χ1n) is 13.0. The molecule has 0 aliphatic heterocycles. The molecule has 0 saturated heterocycles. The van der Waals surface area contributed by atoms with Crippen LogP contribution in [0, 0.1) is 11.8 Å². The Labute approximate surface area is 234 Å². The third-order valence-electron chi connectivity index (χ3n) is 7.11. The van der Waals surface area contributed by atoms with Crippen LogP contribution in [0.25, 0.3) is 22.1 Å². The van der Waals surface area contributed by atoms with Crippen LogP contribution in [0.3, 0.4) is 0 Å². The van der Waals surface area contributed by atoms with Gasteiger partial charge in [-0.1, -0.05) is 49.1 Å². The smallest absolute Gasteiger partial charge is 0.264 e. The summed E-state index contributed by atoms with van der Waals surface area (Å²) in [5, 5.41) is 9.52. The number of pyridine rings is 1. The number of aryl methyl sites for hydroxylation is 1. The number of rotatable bonds is 5. The Morgan fingerprint density at radius 3 is 2.61 bits per heavy atom. The Bertz CT molecular complexity index is 2060. The molecule has 41 heavy (non-hydrogen) atoms. The number of Topliss-reactive ketones (excluding diaryl/α,β-unsaturated/α-hetero) is 1. The Balaban J connectivity index is 1.51. The van der Waals surface area contributed by atoms with E-state index in [1.165, 1.54) is 4.52 Å². The van der Waals surface area contributed by atoms with Crippen LogP contribution in [0.4, 0.5) is 5.82 Å². The van der Waals surface area contributed by atoms with Crippen molar-refractivity contribution in [3.05, 3.63) is 118 Å². The van der Waals surface area contributed by atoms with Crippen LogP contribution in [0.1, 0.15) is 40.0 Å². The summed E-state index contributed by atoms with van der Waals surface area (Å²) >= 11 is 0. The van der Waals surface area contributed by atoms with Crippen LogP contribution in [0.15, 0.2) is 90.2 Å². The molecule has 0 aliphatic carbocycles. The SMILES string of the molecule is C[C@H](c1cc2cccc(C#Cc3cnn(C)c3)c2c(=O)n1-c1ccccc1)C(N)C(=O)c1c(N)nn2cccnc12. The van der Waals surface area contributed by atoms with E-state index >= 15 is 0 Å². The van der Waals surface area contributed by atoms with Crippen LogP contribution in [-0.2, 0) is 7.05 Å². The van der Waals surface area contributed by atoms with Gasteiger partial charge in [-0.2, -0.15) is 5.10 Å². The molecule has 0 radical (unpaired) electrons. The van der Waals surface area contributed by atoms with E-state index in [1.54, 1.807) is 33.9 Å². The van der Waals surface area contributed by atoms with Crippen molar-refractivity contribution < 1.29 is 4.79 Å². The molecular weight excluding hydrogens is 516 g/mol. The number of nitrogens with zero attached hydrogens (tertiary/aromatic N) is 6. The van der Waals surface area contributed by atoms with Gasteiger partial charge in [-0.15, -0.1) is 5.10 Å². The van der Waals surface area contributed by atoms with Crippen molar-refractivity contribution in [1.82, 2.24) is 28.9 Å². The van der Waals surface area contributed by atoms with Crippen LogP contribution in [0.5, 0.6) is 0 Å². The lowest BCUT2D eigenvalue weighted by Gasteiger charge is -2.24. The molecule has 10 nitrogen and oxygen atoms in total. The zero-order valence-electron chi connectivity index (χ0n) is 22.4. The number of benzene rings is 2. The van der Waals surface area contributed by atoms with Crippen LogP contribution < -0.4 is 17.0 Å². The molecular formula is C31H26N8O2. The molecule has 10 heteroatoms. The van der Waals surface area contributed by atoms with E-state index < -0.39 is 17.7 Å². The Hall–Kier alpha value is -5.53. The van der Waals surface area contributed by atoms with Gasteiger partial charge in [-0.25, -0.2) is 9.50 Å². The third kappa shape index (κ3) is 4.54. The highest BCUT2D eigenvalue weighted by Gasteiger charge is 2.31. The summed E-state index contributed by atoms with van der Waals surface area (Å²) < 4.78 is 4.72. The van der Waals surface area contributed by atoms with Crippen molar-refractivity contribution in [1.29, 1.82) is 0 Å². The first-order valence-corrected chi connectivity index (χ1v) is 13.0. The van der Waals surface area contributed by atoms with Crippen LogP contribution in [0.2, 0.25) is 0 Å². The van der Waals surface area contributed by atoms with Crippen molar-refractivity contribution in [2.75, 3.05) is 5.73 Å². The lowest BCUT2D eigenvalue weighted by Crippen LogP contribution is -2.38. The molecule has 202 valence electrons. The summed E-state index contributed by atoms with van der Waals surface area (Å²) in [5.41, 5.74) is 15.5. The number of fused-ring (bicyclic) bond motifs is 2. The normalized spacial score (nSPS) is 12.7. The van der Waals surface area contributed by atoms with Gasteiger partial charge < -0.3 is 11.5 Å². The van der Waals surface area contributed by atoms with Crippen molar-refractivity contribution in [2.45, 2.75) is 18.9 Å². The van der Waals surface area contributed by atoms with Gasteiger partial charge in [0.15, 0.2) is 17.2 Å². The van der Waals surface area contributed by atoms with Gasteiger partial charge >= 0.3 is 0 Å². The van der Waals surface area contributed by atoms with Gasteiger partial charge in [0.05, 0.1) is 23.2 Å². The monoisotopic (exact) mass is 542 g/mol. The molecule has 0 aliphatic rings. The Morgan fingerprint density at radius 2 is 1.85 bits per heavy atom. The summed E-state index contributed by atoms with van der Waals surface area (Å²) in [6, 6.07) is 17.4. The Kier molecular flexibility index (Phi) is 6.41. The number of anilines is 1. The number of carbonyl (C=O) groups excluding carboxylic acids is 1. The summed E-state index contributed by atoms with van der Waals surface area (Å²) in [6.07, 6.45) is 6.71. The minimum absolute atomic E-state index is 0.0483. The second-order valence-electron chi connectivity index (χ2n) is 9.79. The fourth-order valence-electron chi connectivity index (χ4n) is 5.01. The summed E-state index contributed by atoms with van der Waals surface area (Å²) in [6.45, 7) is 1.82. The van der Waals surface area contributed by atoms with Gasteiger partial charge in [0, 0.05) is 48.5 Å². The summed E-state index contributed by atoms with van der Waals surface area (Å²) in [4.78, 5) is 32.2. The molecule has 0 saturated carbocycles. The van der Waals surface area contributed by atoms with Crippen molar-refractivity contribution in [2.24, 2.45) is 12.8 Å². The minimum atomic E-state index is -1.03. The van der Waals surface area contributed by atoms with E-state index in [0.717, 1.165) is 5.56 Å².